The highest BCUT2D eigenvalue weighted by atomic mass is 16.6. The number of esters is 1. The van der Waals surface area contributed by atoms with E-state index in [2.05, 4.69) is 42.5 Å². The molecule has 6 aromatic rings. The molecule has 111 heavy (non-hydrogen) atoms. The number of amides is 8. The Morgan fingerprint density at radius 1 is 0.441 bits per heavy atom. The maximum Gasteiger partial charge on any atom is 0.419 e. The lowest BCUT2D eigenvalue weighted by Crippen LogP contribution is -2.60. The number of alkyl carbamates (subject to hydrolysis) is 2. The lowest BCUT2D eigenvalue weighted by Gasteiger charge is -2.29. The first-order valence-electron chi connectivity index (χ1n) is 37.4. The zero-order valence-corrected chi connectivity index (χ0v) is 66.8. The van der Waals surface area contributed by atoms with Crippen LogP contribution in [-0.4, -0.2) is 176 Å². The molecule has 0 aliphatic heterocycles. The number of para-hydroxylation sites is 2. The number of nitrogens with zero attached hydrogens (tertiary/aromatic N) is 2. The molecule has 0 fully saturated rings. The van der Waals surface area contributed by atoms with E-state index >= 15 is 9.59 Å². The third-order valence-electron chi connectivity index (χ3n) is 17.2. The van der Waals surface area contributed by atoms with Crippen molar-refractivity contribution in [1.29, 1.82) is 0 Å². The van der Waals surface area contributed by atoms with Gasteiger partial charge < -0.3 is 76.1 Å². The second kappa shape index (κ2) is 37.2. The van der Waals surface area contributed by atoms with Crippen LogP contribution in [0.25, 0.3) is 32.9 Å². The van der Waals surface area contributed by atoms with Crippen LogP contribution in [0.2, 0.25) is 0 Å². The molecule has 29 heteroatoms. The number of unbranched alkanes of at least 4 members (excludes halogenated alkanes) is 1. The zero-order valence-electron chi connectivity index (χ0n) is 66.8. The summed E-state index contributed by atoms with van der Waals surface area (Å²) < 4.78 is 36.8. The van der Waals surface area contributed by atoms with Crippen molar-refractivity contribution in [2.75, 3.05) is 19.8 Å². The van der Waals surface area contributed by atoms with Gasteiger partial charge in [-0.15, -0.1) is 0 Å². The number of aromatic nitrogens is 2. The van der Waals surface area contributed by atoms with Gasteiger partial charge in [-0.05, 0) is 188 Å². The van der Waals surface area contributed by atoms with Crippen LogP contribution in [0.4, 0.5) is 19.2 Å². The van der Waals surface area contributed by atoms with Crippen molar-refractivity contribution >= 4 is 93.6 Å². The van der Waals surface area contributed by atoms with Crippen molar-refractivity contribution in [1.82, 2.24) is 51.7 Å². The number of carbonyl (C=O) groups excluding carboxylic acids is 11. The van der Waals surface area contributed by atoms with Crippen LogP contribution in [0.5, 0.6) is 0 Å². The highest BCUT2D eigenvalue weighted by Crippen LogP contribution is 2.44. The molecule has 0 saturated heterocycles. The summed E-state index contributed by atoms with van der Waals surface area (Å²) in [6.07, 6.45) is -1.68. The van der Waals surface area contributed by atoms with Crippen LogP contribution in [0.3, 0.4) is 0 Å². The van der Waals surface area contributed by atoms with Crippen LogP contribution in [0.1, 0.15) is 185 Å². The summed E-state index contributed by atoms with van der Waals surface area (Å²) in [6.45, 7) is 29.4. The van der Waals surface area contributed by atoms with Crippen molar-refractivity contribution in [3.8, 4) is 11.1 Å². The summed E-state index contributed by atoms with van der Waals surface area (Å²) in [6, 6.07) is 17.7. The van der Waals surface area contributed by atoms with E-state index in [1.807, 2.05) is 48.5 Å². The molecule has 7 atom stereocenters. The summed E-state index contributed by atoms with van der Waals surface area (Å²) in [7, 11) is 0. The largest absolute Gasteiger partial charge is 0.480 e. The maximum absolute atomic E-state index is 15.3. The van der Waals surface area contributed by atoms with Crippen molar-refractivity contribution in [2.24, 2.45) is 5.92 Å². The second-order valence-corrected chi connectivity index (χ2v) is 33.1. The van der Waals surface area contributed by atoms with Gasteiger partial charge in [0.05, 0.1) is 29.7 Å². The van der Waals surface area contributed by atoms with E-state index in [1.165, 1.54) is 28.5 Å². The number of nitrogens with one attached hydrogen (secondary N) is 8. The number of hydrogen-bond acceptors (Lipinski definition) is 18. The van der Waals surface area contributed by atoms with Crippen LogP contribution in [0.15, 0.2) is 109 Å². The Hall–Kier alpha value is -10.8. The monoisotopic (exact) mass is 1540 g/mol. The Morgan fingerprint density at radius 2 is 0.874 bits per heavy atom. The number of aliphatic carboxylic acids is 1. The molecule has 29 nitrogen and oxygen atoms in total. The fourth-order valence-corrected chi connectivity index (χ4v) is 12.4. The number of fused-ring (bicyclic) bond motifs is 5. The molecular weight excluding hydrogens is 1430 g/mol. The van der Waals surface area contributed by atoms with E-state index in [1.54, 1.807) is 166 Å². The smallest absolute Gasteiger partial charge is 0.419 e. The summed E-state index contributed by atoms with van der Waals surface area (Å²) in [5.41, 5.74) is 0.661. The molecule has 2 aromatic heterocycles. The van der Waals surface area contributed by atoms with E-state index in [0.717, 1.165) is 22.3 Å². The predicted molar refractivity (Wildman–Crippen MR) is 415 cm³/mol. The Kier molecular flexibility index (Phi) is 29.3. The normalized spacial score (nSPS) is 14.3. The van der Waals surface area contributed by atoms with Gasteiger partial charge in [0.15, 0.2) is 0 Å². The van der Waals surface area contributed by atoms with E-state index in [-0.39, 0.29) is 57.1 Å². The third-order valence-corrected chi connectivity index (χ3v) is 17.2. The van der Waals surface area contributed by atoms with E-state index < -0.39 is 162 Å². The zero-order chi connectivity index (χ0) is 82.3. The van der Waals surface area contributed by atoms with E-state index in [9.17, 15) is 53.1 Å². The molecule has 9 N–H and O–H groups in total. The molecular formula is C82H110N10O19. The van der Waals surface area contributed by atoms with E-state index in [4.69, 9.17) is 28.4 Å². The number of hydrogen-bond donors (Lipinski definition) is 9. The molecule has 1 aliphatic rings. The third kappa shape index (κ3) is 26.4. The highest BCUT2D eigenvalue weighted by molar-refractivity contribution is 6.00. The van der Waals surface area contributed by atoms with Crippen molar-refractivity contribution in [3.63, 3.8) is 0 Å². The van der Waals surface area contributed by atoms with E-state index in [0.29, 0.717) is 32.9 Å². The number of carboxylic acid groups (broad SMARTS) is 1. The Labute approximate surface area is 647 Å². The maximum atomic E-state index is 15.3. The Balaban J connectivity index is 1.18. The van der Waals surface area contributed by atoms with Gasteiger partial charge in [0.25, 0.3) is 0 Å². The topological polar surface area (TPSA) is 387 Å². The minimum Gasteiger partial charge on any atom is -0.480 e. The molecule has 2 heterocycles. The molecule has 0 bridgehead atoms. The predicted octanol–water partition coefficient (Wildman–Crippen LogP) is 10.2. The lowest BCUT2D eigenvalue weighted by atomic mass is 9.98. The summed E-state index contributed by atoms with van der Waals surface area (Å²) in [5.74, 6) is -8.76. The van der Waals surface area contributed by atoms with Crippen LogP contribution < -0.4 is 42.5 Å². The van der Waals surface area contributed by atoms with Gasteiger partial charge in [0.1, 0.15) is 71.3 Å². The summed E-state index contributed by atoms with van der Waals surface area (Å²) in [5, 5.41) is 32.7. The number of benzene rings is 4. The molecule has 8 amide bonds. The van der Waals surface area contributed by atoms with Crippen LogP contribution in [0, 0.1) is 5.92 Å². The Morgan fingerprint density at radius 3 is 1.38 bits per heavy atom. The van der Waals surface area contributed by atoms with Crippen molar-refractivity contribution < 1.29 is 91.1 Å². The van der Waals surface area contributed by atoms with Gasteiger partial charge >= 0.3 is 36.3 Å². The average molecular weight is 1540 g/mol. The fraction of sp³-hybridized carbons (Fsp3) is 0.512. The van der Waals surface area contributed by atoms with Gasteiger partial charge in [-0.25, -0.2) is 24.0 Å². The molecule has 4 aromatic carbocycles. The van der Waals surface area contributed by atoms with Gasteiger partial charge in [0.2, 0.25) is 35.4 Å². The minimum atomic E-state index is -1.73. The van der Waals surface area contributed by atoms with Crippen molar-refractivity contribution in [3.05, 3.63) is 132 Å². The molecule has 0 radical (unpaired) electrons. The molecule has 602 valence electrons. The highest BCUT2D eigenvalue weighted by Gasteiger charge is 2.38. The average Bonchev–Trinajstić information content (AvgIpc) is 1.62. The molecule has 0 spiro atoms. The summed E-state index contributed by atoms with van der Waals surface area (Å²) in [4.78, 5) is 170. The van der Waals surface area contributed by atoms with Gasteiger partial charge in [-0.2, -0.15) is 0 Å². The molecule has 0 unspecified atom stereocenters. The summed E-state index contributed by atoms with van der Waals surface area (Å²) >= 11 is 0. The number of carbonyl (C=O) groups is 12. The van der Waals surface area contributed by atoms with Gasteiger partial charge in [-0.3, -0.25) is 42.7 Å². The fourth-order valence-electron chi connectivity index (χ4n) is 12.4. The molecule has 1 aliphatic carbocycles. The lowest BCUT2D eigenvalue weighted by molar-refractivity contribution is -0.156. The number of rotatable bonds is 31. The SMILES string of the molecule is CC(C)C[C@H](NC(=O)[C@H](COC(C)(C)C)NC(=O)[C@H](C)NC(=O)[C@H](Cc1cn(C(=O)OC(C)(C)C)c2ccccc12)NC(=O)[C@H](CCCCNC(=O)OC(C)(C)C)NC(=O)[C@H](CC(=O)OC(C)(C)C)NC(=O)OCC1c2ccccc2-c2ccccc21)C(=O)N[C@@H](Cc1cn(C(=O)OC(C)(C)C)c2ccccc12)C(=O)O. The Bertz CT molecular complexity index is 4330. The standard InChI is InChI=1S/C82H110N10O19/c1-47(2)39-59(70(97)88-62(73(100)101)41-50-44-92(77(105)111-82(16,17)18)65-37-26-24-30-52(50)65)86-72(99)63(46-107-78(4,5)6)89-67(94)48(3)84-69(96)60(40-49-43-91(76(104)110-81(13,14)15)64-36-25-23-29-51(49)64)87-68(95)58(35-27-28-38-83-74(102)109-80(10,11)12)85-71(98)61(42-66(93)108-79(7,8)9)90-75(103)106-45-57-55-33-21-19-31-53(55)54-32-20-22-34-56(54)57/h19-26,29-34,36-37,43-44,47-48,57-63H,27-28,35,38-42,45-46H2,1-18H3,(H,83,102)(H,84,96)(H,85,98)(H,86,99)(H,87,95)(H,88,97)(H,89,94)(H,90,103)(H,100,101)/t48-,58-,59-,60-,61-,62-,63-/m0/s1. The van der Waals surface area contributed by atoms with Crippen molar-refractivity contribution in [2.45, 2.75) is 246 Å². The first-order valence-corrected chi connectivity index (χ1v) is 37.4. The second-order valence-electron chi connectivity index (χ2n) is 33.1. The van der Waals surface area contributed by atoms with Gasteiger partial charge in [-0.1, -0.05) is 98.8 Å². The first kappa shape index (κ1) is 87.4. The molecule has 7 rings (SSSR count). The quantitative estimate of drug-likeness (QED) is 0.0111. The first-order chi connectivity index (χ1) is 51.7. The minimum absolute atomic E-state index is 0.0145. The number of ether oxygens (including phenoxy) is 6. The number of carboxylic acids is 1. The molecule has 0 saturated carbocycles. The van der Waals surface area contributed by atoms with Crippen LogP contribution >= 0.6 is 0 Å². The van der Waals surface area contributed by atoms with Gasteiger partial charge in [0, 0.05) is 48.5 Å². The van der Waals surface area contributed by atoms with Crippen LogP contribution in [-0.2, 0) is 79.6 Å².